The molecule has 3 aromatic heterocycles. The van der Waals surface area contributed by atoms with Crippen LogP contribution in [0, 0.1) is 6.92 Å². The maximum absolute atomic E-state index is 6.24. The molecule has 34 heavy (non-hydrogen) atoms. The maximum Gasteiger partial charge on any atom is 0.245 e. The number of hydrogen-bond donors (Lipinski definition) is 1. The average molecular weight is 457 g/mol. The Kier molecular flexibility index (Phi) is 5.17. The number of rotatable bonds is 7. The van der Waals surface area contributed by atoms with Crippen LogP contribution in [0.3, 0.4) is 0 Å². The van der Waals surface area contributed by atoms with Crippen molar-refractivity contribution in [2.45, 2.75) is 51.4 Å². The second-order valence-corrected chi connectivity index (χ2v) is 9.48. The predicted molar refractivity (Wildman–Crippen MR) is 129 cm³/mol. The predicted octanol–water partition coefficient (Wildman–Crippen LogP) is 3.92. The van der Waals surface area contributed by atoms with E-state index in [2.05, 4.69) is 50.8 Å². The monoisotopic (exact) mass is 456 g/mol. The minimum absolute atomic E-state index is 0.157. The molecule has 8 heteroatoms. The molecule has 1 aromatic carbocycles. The number of fused-ring (bicyclic) bond motifs is 1. The first-order valence-corrected chi connectivity index (χ1v) is 11.9. The van der Waals surface area contributed by atoms with Gasteiger partial charge in [-0.3, -0.25) is 0 Å². The zero-order valence-electron chi connectivity index (χ0n) is 19.5. The van der Waals surface area contributed by atoms with Crippen LogP contribution in [-0.4, -0.2) is 49.3 Å². The van der Waals surface area contributed by atoms with Crippen LogP contribution >= 0.6 is 0 Å². The van der Waals surface area contributed by atoms with Crippen LogP contribution in [0.5, 0.6) is 11.8 Å². The van der Waals surface area contributed by atoms with Gasteiger partial charge in [-0.2, -0.15) is 4.98 Å². The van der Waals surface area contributed by atoms with Gasteiger partial charge >= 0.3 is 0 Å². The highest BCUT2D eigenvalue weighted by molar-refractivity contribution is 5.82. The van der Waals surface area contributed by atoms with Crippen molar-refractivity contribution in [2.75, 3.05) is 13.1 Å². The Morgan fingerprint density at radius 1 is 1.15 bits per heavy atom. The van der Waals surface area contributed by atoms with E-state index in [1.165, 1.54) is 0 Å². The molecule has 4 aromatic rings. The van der Waals surface area contributed by atoms with E-state index >= 15 is 0 Å². The molecule has 0 radical (unpaired) electrons. The fourth-order valence-corrected chi connectivity index (χ4v) is 4.35. The Labute approximate surface area is 198 Å². The van der Waals surface area contributed by atoms with Crippen LogP contribution in [0.4, 0.5) is 0 Å². The SMILES string of the molecule is Cc1cc(O[C@H]2CCNC2)ncc1-c1nc2c(OC3(C)CC3)ncnc2n1Cc1ccccc1. The number of imidazole rings is 1. The van der Waals surface area contributed by atoms with E-state index < -0.39 is 0 Å². The minimum atomic E-state index is -0.157. The van der Waals surface area contributed by atoms with Gasteiger partial charge in [0.15, 0.2) is 11.2 Å². The van der Waals surface area contributed by atoms with E-state index in [1.807, 2.05) is 30.5 Å². The Hall–Kier alpha value is -3.52. The van der Waals surface area contributed by atoms with Gasteiger partial charge in [-0.25, -0.2) is 15.0 Å². The molecule has 1 aliphatic heterocycles. The summed E-state index contributed by atoms with van der Waals surface area (Å²) in [6, 6.07) is 12.3. The van der Waals surface area contributed by atoms with Crippen molar-refractivity contribution in [2.24, 2.45) is 0 Å². The molecule has 1 N–H and O–H groups in total. The highest BCUT2D eigenvalue weighted by atomic mass is 16.5. The third kappa shape index (κ3) is 4.09. The lowest BCUT2D eigenvalue weighted by atomic mass is 10.1. The van der Waals surface area contributed by atoms with Crippen molar-refractivity contribution >= 4 is 11.2 Å². The van der Waals surface area contributed by atoms with Gasteiger partial charge in [0.1, 0.15) is 23.9 Å². The number of pyridine rings is 1. The molecule has 0 spiro atoms. The highest BCUT2D eigenvalue weighted by Gasteiger charge is 2.41. The van der Waals surface area contributed by atoms with E-state index in [0.29, 0.717) is 23.8 Å². The number of nitrogens with one attached hydrogen (secondary N) is 1. The van der Waals surface area contributed by atoms with Crippen LogP contribution in [0.2, 0.25) is 0 Å². The van der Waals surface area contributed by atoms with Gasteiger partial charge in [0.05, 0.1) is 6.54 Å². The number of aryl methyl sites for hydroxylation is 1. The van der Waals surface area contributed by atoms with Crippen molar-refractivity contribution in [1.82, 2.24) is 29.8 Å². The van der Waals surface area contributed by atoms with Crippen LogP contribution < -0.4 is 14.8 Å². The number of benzene rings is 1. The van der Waals surface area contributed by atoms with Gasteiger partial charge in [-0.15, -0.1) is 0 Å². The second-order valence-electron chi connectivity index (χ2n) is 9.48. The summed E-state index contributed by atoms with van der Waals surface area (Å²) in [6.45, 7) is 6.64. The van der Waals surface area contributed by atoms with Crippen LogP contribution in [-0.2, 0) is 6.54 Å². The summed E-state index contributed by atoms with van der Waals surface area (Å²) in [6.07, 6.45) is 6.63. The standard InChI is InChI=1S/C26H28N6O2/c1-17-12-21(33-19-8-11-27-13-19)28-14-20(17)23-31-22-24(32(23)15-18-6-4-3-5-7-18)29-16-30-25(22)34-26(2)9-10-26/h3-7,12,14,16,19,27H,8-11,13,15H2,1-2H3/t19-/m0/s1. The quantitative estimate of drug-likeness (QED) is 0.451. The molecular weight excluding hydrogens is 428 g/mol. The molecule has 2 aliphatic rings. The molecule has 8 nitrogen and oxygen atoms in total. The largest absolute Gasteiger partial charge is 0.473 e. The van der Waals surface area contributed by atoms with Crippen molar-refractivity contribution in [1.29, 1.82) is 0 Å². The Bertz CT molecular complexity index is 1330. The lowest BCUT2D eigenvalue weighted by molar-refractivity contribution is 0.194. The summed E-state index contributed by atoms with van der Waals surface area (Å²) in [7, 11) is 0. The van der Waals surface area contributed by atoms with E-state index in [1.54, 1.807) is 6.33 Å². The van der Waals surface area contributed by atoms with Gasteiger partial charge in [0, 0.05) is 24.4 Å². The molecule has 0 bridgehead atoms. The zero-order valence-corrected chi connectivity index (χ0v) is 19.5. The smallest absolute Gasteiger partial charge is 0.245 e. The Morgan fingerprint density at radius 3 is 2.74 bits per heavy atom. The molecule has 4 heterocycles. The van der Waals surface area contributed by atoms with Crippen molar-refractivity contribution in [3.63, 3.8) is 0 Å². The maximum atomic E-state index is 6.24. The van der Waals surface area contributed by atoms with Crippen LogP contribution in [0.15, 0.2) is 48.9 Å². The molecule has 1 atom stereocenters. The van der Waals surface area contributed by atoms with Crippen molar-refractivity contribution < 1.29 is 9.47 Å². The zero-order chi connectivity index (χ0) is 23.1. The lowest BCUT2D eigenvalue weighted by Crippen LogP contribution is -2.20. The molecule has 174 valence electrons. The molecule has 1 saturated carbocycles. The third-order valence-electron chi connectivity index (χ3n) is 6.61. The van der Waals surface area contributed by atoms with Gasteiger partial charge in [0.25, 0.3) is 0 Å². The molecule has 1 aliphatic carbocycles. The molecular formula is C26H28N6O2. The second kappa shape index (κ2) is 8.36. The van der Waals surface area contributed by atoms with Gasteiger partial charge in [-0.05, 0) is 50.8 Å². The Morgan fingerprint density at radius 2 is 2.00 bits per heavy atom. The van der Waals surface area contributed by atoms with Gasteiger partial charge < -0.3 is 19.4 Å². The summed E-state index contributed by atoms with van der Waals surface area (Å²) >= 11 is 0. The average Bonchev–Trinajstić information content (AvgIpc) is 3.20. The fourth-order valence-electron chi connectivity index (χ4n) is 4.35. The van der Waals surface area contributed by atoms with Gasteiger partial charge in [0.2, 0.25) is 11.8 Å². The van der Waals surface area contributed by atoms with Gasteiger partial charge in [-0.1, -0.05) is 30.3 Å². The minimum Gasteiger partial charge on any atom is -0.473 e. The topological polar surface area (TPSA) is 87.0 Å². The first kappa shape index (κ1) is 21.0. The summed E-state index contributed by atoms with van der Waals surface area (Å²) in [5.74, 6) is 1.98. The van der Waals surface area contributed by atoms with E-state index in [4.69, 9.17) is 14.5 Å². The molecule has 0 unspecified atom stereocenters. The summed E-state index contributed by atoms with van der Waals surface area (Å²) in [5.41, 5.74) is 4.43. The first-order chi connectivity index (χ1) is 16.6. The van der Waals surface area contributed by atoms with E-state index in [9.17, 15) is 0 Å². The fraction of sp³-hybridized carbons (Fsp3) is 0.385. The molecule has 0 amide bonds. The Balaban J connectivity index is 1.43. The molecule has 6 rings (SSSR count). The lowest BCUT2D eigenvalue weighted by Gasteiger charge is -2.14. The summed E-state index contributed by atoms with van der Waals surface area (Å²) < 4.78 is 14.4. The van der Waals surface area contributed by atoms with Crippen molar-refractivity contribution in [3.05, 3.63) is 60.0 Å². The summed E-state index contributed by atoms with van der Waals surface area (Å²) in [5, 5.41) is 3.32. The third-order valence-corrected chi connectivity index (χ3v) is 6.61. The highest BCUT2D eigenvalue weighted by Crippen LogP contribution is 2.41. The van der Waals surface area contributed by atoms with Crippen molar-refractivity contribution in [3.8, 4) is 23.1 Å². The summed E-state index contributed by atoms with van der Waals surface area (Å²) in [4.78, 5) is 18.7. The number of hydrogen-bond acceptors (Lipinski definition) is 7. The number of nitrogens with zero attached hydrogens (tertiary/aromatic N) is 5. The number of aromatic nitrogens is 5. The normalized spacial score (nSPS) is 18.8. The first-order valence-electron chi connectivity index (χ1n) is 11.9. The number of ether oxygens (including phenoxy) is 2. The molecule has 2 fully saturated rings. The van der Waals surface area contributed by atoms with E-state index in [-0.39, 0.29) is 11.7 Å². The van der Waals surface area contributed by atoms with Crippen LogP contribution in [0.25, 0.3) is 22.6 Å². The van der Waals surface area contributed by atoms with Crippen LogP contribution in [0.1, 0.15) is 37.3 Å². The van der Waals surface area contributed by atoms with E-state index in [0.717, 1.165) is 60.5 Å². The molecule has 1 saturated heterocycles.